The summed E-state index contributed by atoms with van der Waals surface area (Å²) in [5, 5.41) is 2.67. The van der Waals surface area contributed by atoms with E-state index in [1.807, 2.05) is 13.0 Å². The maximum absolute atomic E-state index is 10.9. The minimum Gasteiger partial charge on any atom is -0.311 e. The van der Waals surface area contributed by atoms with E-state index < -0.39 is 0 Å². The second-order valence-electron chi connectivity index (χ2n) is 2.26. The van der Waals surface area contributed by atoms with Crippen LogP contribution in [0.1, 0.15) is 13.3 Å². The molecule has 0 spiro atoms. The van der Waals surface area contributed by atoms with Gasteiger partial charge in [-0.1, -0.05) is 6.92 Å². The van der Waals surface area contributed by atoms with Crippen molar-refractivity contribution in [3.8, 4) is 0 Å². The summed E-state index contributed by atoms with van der Waals surface area (Å²) in [6.45, 7) is 1.81. The fraction of sp³-hybridized carbons (Fsp3) is 0.250. The molecule has 0 saturated heterocycles. The highest BCUT2D eigenvalue weighted by atomic mass is 127. The monoisotopic (exact) mass is 276 g/mol. The molecule has 0 unspecified atom stereocenters. The molecule has 1 N–H and O–H groups in total. The summed E-state index contributed by atoms with van der Waals surface area (Å²) in [6, 6.07) is 3.69. The molecule has 1 rings (SSSR count). The van der Waals surface area contributed by atoms with Crippen molar-refractivity contribution in [3.63, 3.8) is 0 Å². The average Bonchev–Trinajstić information content (AvgIpc) is 2.09. The molecule has 0 atom stereocenters. The quantitative estimate of drug-likeness (QED) is 0.840. The topological polar surface area (TPSA) is 42.0 Å². The fourth-order valence-electron chi connectivity index (χ4n) is 0.681. The van der Waals surface area contributed by atoms with Crippen LogP contribution in [0.4, 0.5) is 5.82 Å². The Bertz CT molecular complexity index is 271. The molecule has 1 aromatic rings. The fourth-order valence-corrected chi connectivity index (χ4v) is 1.00. The van der Waals surface area contributed by atoms with Crippen LogP contribution in [0, 0.1) is 3.57 Å². The van der Waals surface area contributed by atoms with Crippen LogP contribution in [0.25, 0.3) is 0 Å². The van der Waals surface area contributed by atoms with Crippen LogP contribution in [0.5, 0.6) is 0 Å². The molecule has 0 fully saturated rings. The lowest BCUT2D eigenvalue weighted by Gasteiger charge is -2.00. The van der Waals surface area contributed by atoms with Gasteiger partial charge >= 0.3 is 0 Å². The number of carbonyl (C=O) groups excluding carboxylic acids is 1. The van der Waals surface area contributed by atoms with Gasteiger partial charge in [0.1, 0.15) is 5.82 Å². The third-order valence-electron chi connectivity index (χ3n) is 1.32. The third kappa shape index (κ3) is 2.77. The first kappa shape index (κ1) is 9.44. The normalized spacial score (nSPS) is 9.50. The van der Waals surface area contributed by atoms with Crippen LogP contribution in [-0.2, 0) is 4.79 Å². The molecule has 3 nitrogen and oxygen atoms in total. The second kappa shape index (κ2) is 4.39. The van der Waals surface area contributed by atoms with E-state index in [1.165, 1.54) is 0 Å². The molecule has 0 aliphatic carbocycles. The maximum Gasteiger partial charge on any atom is 0.225 e. The molecule has 1 heterocycles. The summed E-state index contributed by atoms with van der Waals surface area (Å²) >= 11 is 2.16. The largest absolute Gasteiger partial charge is 0.311 e. The SMILES string of the molecule is CCC(=O)Nc1ccc(I)cn1. The summed E-state index contributed by atoms with van der Waals surface area (Å²) in [6.07, 6.45) is 2.19. The number of anilines is 1. The summed E-state index contributed by atoms with van der Waals surface area (Å²) in [5.41, 5.74) is 0. The van der Waals surface area contributed by atoms with E-state index >= 15 is 0 Å². The number of amides is 1. The number of halogens is 1. The summed E-state index contributed by atoms with van der Waals surface area (Å²) in [4.78, 5) is 14.9. The molecule has 0 saturated carbocycles. The molecule has 1 aromatic heterocycles. The van der Waals surface area contributed by atoms with E-state index in [4.69, 9.17) is 0 Å². The Morgan fingerprint density at radius 3 is 2.92 bits per heavy atom. The first-order valence-corrected chi connectivity index (χ1v) is 4.71. The zero-order valence-corrected chi connectivity index (χ0v) is 8.83. The highest BCUT2D eigenvalue weighted by Gasteiger charge is 1.98. The molecule has 0 aliphatic heterocycles. The zero-order valence-electron chi connectivity index (χ0n) is 6.67. The van der Waals surface area contributed by atoms with Gasteiger partial charge in [-0.25, -0.2) is 4.98 Å². The molecule has 0 radical (unpaired) electrons. The Hall–Kier alpha value is -0.650. The molecule has 0 aliphatic rings. The van der Waals surface area contributed by atoms with Crippen LogP contribution in [0.3, 0.4) is 0 Å². The Balaban J connectivity index is 2.64. The van der Waals surface area contributed by atoms with Crippen molar-refractivity contribution in [1.82, 2.24) is 4.98 Å². The molecule has 12 heavy (non-hydrogen) atoms. The Labute approximate surface area is 84.7 Å². The van der Waals surface area contributed by atoms with Gasteiger partial charge in [0, 0.05) is 16.2 Å². The predicted octanol–water partition coefficient (Wildman–Crippen LogP) is 2.03. The van der Waals surface area contributed by atoms with E-state index in [1.54, 1.807) is 12.3 Å². The van der Waals surface area contributed by atoms with Crippen molar-refractivity contribution < 1.29 is 4.79 Å². The number of nitrogens with zero attached hydrogens (tertiary/aromatic N) is 1. The van der Waals surface area contributed by atoms with Gasteiger partial charge in [-0.05, 0) is 34.7 Å². The van der Waals surface area contributed by atoms with Crippen molar-refractivity contribution in [2.75, 3.05) is 5.32 Å². The molecule has 4 heteroatoms. The Kier molecular flexibility index (Phi) is 3.46. The highest BCUT2D eigenvalue weighted by Crippen LogP contribution is 2.06. The molecule has 1 amide bonds. The summed E-state index contributed by atoms with van der Waals surface area (Å²) in [7, 11) is 0. The van der Waals surface area contributed by atoms with Crippen molar-refractivity contribution in [2.24, 2.45) is 0 Å². The minimum absolute atomic E-state index is 0.0105. The van der Waals surface area contributed by atoms with E-state index in [0.29, 0.717) is 12.2 Å². The van der Waals surface area contributed by atoms with Crippen LogP contribution in [-0.4, -0.2) is 10.9 Å². The highest BCUT2D eigenvalue weighted by molar-refractivity contribution is 14.1. The van der Waals surface area contributed by atoms with Gasteiger partial charge in [0.05, 0.1) is 0 Å². The first-order chi connectivity index (χ1) is 5.72. The van der Waals surface area contributed by atoms with Gasteiger partial charge in [0.25, 0.3) is 0 Å². The Morgan fingerprint density at radius 2 is 2.42 bits per heavy atom. The second-order valence-corrected chi connectivity index (χ2v) is 3.51. The van der Waals surface area contributed by atoms with Crippen LogP contribution in [0.15, 0.2) is 18.3 Å². The van der Waals surface area contributed by atoms with Crippen molar-refractivity contribution in [1.29, 1.82) is 0 Å². The van der Waals surface area contributed by atoms with E-state index in [2.05, 4.69) is 32.9 Å². The van der Waals surface area contributed by atoms with Crippen LogP contribution in [0.2, 0.25) is 0 Å². The zero-order chi connectivity index (χ0) is 8.97. The van der Waals surface area contributed by atoms with Crippen LogP contribution < -0.4 is 5.32 Å². The number of rotatable bonds is 2. The average molecular weight is 276 g/mol. The Morgan fingerprint density at radius 1 is 1.67 bits per heavy atom. The number of hydrogen-bond acceptors (Lipinski definition) is 2. The number of nitrogens with one attached hydrogen (secondary N) is 1. The van der Waals surface area contributed by atoms with E-state index in [0.717, 1.165) is 3.57 Å². The molecular weight excluding hydrogens is 267 g/mol. The summed E-state index contributed by atoms with van der Waals surface area (Å²) < 4.78 is 1.06. The van der Waals surface area contributed by atoms with Crippen LogP contribution >= 0.6 is 22.6 Å². The van der Waals surface area contributed by atoms with Gasteiger partial charge in [-0.2, -0.15) is 0 Å². The van der Waals surface area contributed by atoms with E-state index in [-0.39, 0.29) is 5.91 Å². The summed E-state index contributed by atoms with van der Waals surface area (Å²) in [5.74, 6) is 0.603. The maximum atomic E-state index is 10.9. The lowest BCUT2D eigenvalue weighted by Crippen LogP contribution is -2.10. The van der Waals surface area contributed by atoms with Crippen molar-refractivity contribution >= 4 is 34.3 Å². The van der Waals surface area contributed by atoms with Gasteiger partial charge < -0.3 is 5.32 Å². The predicted molar refractivity (Wildman–Crippen MR) is 55.9 cm³/mol. The van der Waals surface area contributed by atoms with Gasteiger partial charge in [0.15, 0.2) is 0 Å². The van der Waals surface area contributed by atoms with Crippen molar-refractivity contribution in [3.05, 3.63) is 21.9 Å². The first-order valence-electron chi connectivity index (χ1n) is 3.63. The smallest absolute Gasteiger partial charge is 0.225 e. The van der Waals surface area contributed by atoms with Crippen molar-refractivity contribution in [2.45, 2.75) is 13.3 Å². The van der Waals surface area contributed by atoms with Gasteiger partial charge in [-0.3, -0.25) is 4.79 Å². The lowest BCUT2D eigenvalue weighted by atomic mass is 10.4. The molecule has 0 aromatic carbocycles. The molecule has 0 bridgehead atoms. The third-order valence-corrected chi connectivity index (χ3v) is 1.95. The van der Waals surface area contributed by atoms with Gasteiger partial charge in [-0.15, -0.1) is 0 Å². The standard InChI is InChI=1S/C8H9IN2O/c1-2-8(12)11-7-4-3-6(9)5-10-7/h3-5H,2H2,1H3,(H,10,11,12). The number of aromatic nitrogens is 1. The number of carbonyl (C=O) groups is 1. The lowest BCUT2D eigenvalue weighted by molar-refractivity contribution is -0.115. The van der Waals surface area contributed by atoms with E-state index in [9.17, 15) is 4.79 Å². The molecule has 64 valence electrons. The minimum atomic E-state index is -0.0105. The molecular formula is C8H9IN2O. The van der Waals surface area contributed by atoms with Gasteiger partial charge in [0.2, 0.25) is 5.91 Å². The number of hydrogen-bond donors (Lipinski definition) is 1. The number of pyridine rings is 1.